The Morgan fingerprint density at radius 3 is 2.28 bits per heavy atom. The quantitative estimate of drug-likeness (QED) is 0.102. The van der Waals surface area contributed by atoms with Crippen molar-refractivity contribution in [1.82, 2.24) is 16.0 Å². The van der Waals surface area contributed by atoms with Crippen LogP contribution >= 0.6 is 0 Å². The van der Waals surface area contributed by atoms with Crippen molar-refractivity contribution in [3.8, 4) is 11.1 Å². The molecule has 9 nitrogen and oxygen atoms in total. The predicted octanol–water partition coefficient (Wildman–Crippen LogP) is -0.0343. The summed E-state index contributed by atoms with van der Waals surface area (Å²) in [6, 6.07) is 17.7. The van der Waals surface area contributed by atoms with Gasteiger partial charge in [-0.15, -0.1) is 0 Å². The molecule has 43 heavy (non-hydrogen) atoms. The van der Waals surface area contributed by atoms with E-state index in [2.05, 4.69) is 53.7 Å². The third-order valence-electron chi connectivity index (χ3n) is 7.32. The van der Waals surface area contributed by atoms with E-state index in [1.807, 2.05) is 30.3 Å². The molecule has 1 aliphatic heterocycles. The summed E-state index contributed by atoms with van der Waals surface area (Å²) in [6.45, 7) is 8.54. The number of carboxylic acid groups (broad SMARTS) is 1. The molecule has 5 atom stereocenters. The van der Waals surface area contributed by atoms with Gasteiger partial charge in [0.15, 0.2) is 0 Å². The molecule has 0 radical (unpaired) electrons. The molecule has 0 aromatic heterocycles. The fourth-order valence-electron chi connectivity index (χ4n) is 5.09. The van der Waals surface area contributed by atoms with Crippen LogP contribution in [0.1, 0.15) is 70.8 Å². The standard InChI is InChI=1S/C32H47N3O4.CH2O2.Na/c1-4-5-6-7-8-12-20-34-30-22-29(38)31(35-24(3)36)32(39-30)28(37)19-21-33-23(2)25-15-17-27(18-16-25)26-13-10-9-11-14-26;2-1-3;/h9-11,13-18,28-34,37-38H,2,4-8,12,19-22H2,1,3H3,(H,35,36);1H,(H,2,3);/q;;+1/p-1/t28?,29?,30?,31-,32?;;/m1../s1. The normalized spacial score (nSPS) is 20.0. The molecule has 1 heterocycles. The average molecular weight is 606 g/mol. The minimum absolute atomic E-state index is 0. The third kappa shape index (κ3) is 14.4. The third-order valence-corrected chi connectivity index (χ3v) is 7.32. The van der Waals surface area contributed by atoms with E-state index < -0.39 is 30.8 Å². The molecule has 0 aliphatic carbocycles. The van der Waals surface area contributed by atoms with Gasteiger partial charge in [0.2, 0.25) is 5.91 Å². The number of benzene rings is 2. The molecule has 1 amide bonds. The molecule has 10 heteroatoms. The number of ether oxygens (including phenoxy) is 1. The molecular weight excluding hydrogens is 557 g/mol. The van der Waals surface area contributed by atoms with E-state index in [1.165, 1.54) is 32.6 Å². The SMILES string of the molecule is C=C(NCCC(O)C1OC(NCCCCCCCC)CC(O)[C@H]1NC(C)=O)c1ccc(-c2ccccc2)cc1.O=C[O-].[Na+]. The van der Waals surface area contributed by atoms with Crippen molar-refractivity contribution in [2.75, 3.05) is 13.1 Å². The smallest absolute Gasteiger partial charge is 0.554 e. The van der Waals surface area contributed by atoms with E-state index in [4.69, 9.17) is 14.6 Å². The van der Waals surface area contributed by atoms with Gasteiger partial charge in [-0.2, -0.15) is 0 Å². The van der Waals surface area contributed by atoms with Crippen molar-refractivity contribution in [3.63, 3.8) is 0 Å². The van der Waals surface area contributed by atoms with Gasteiger partial charge in [0.25, 0.3) is 0 Å². The molecule has 232 valence electrons. The van der Waals surface area contributed by atoms with Crippen LogP contribution in [0.3, 0.4) is 0 Å². The zero-order chi connectivity index (χ0) is 30.7. The van der Waals surface area contributed by atoms with Crippen molar-refractivity contribution in [2.24, 2.45) is 0 Å². The zero-order valence-electron chi connectivity index (χ0n) is 26.0. The molecule has 2 aromatic rings. The first-order valence-corrected chi connectivity index (χ1v) is 15.0. The molecule has 1 aliphatic rings. The van der Waals surface area contributed by atoms with E-state index in [0.29, 0.717) is 19.4 Å². The Hall–Kier alpha value is -2.24. The number of nitrogens with one attached hydrogen (secondary N) is 3. The van der Waals surface area contributed by atoms with E-state index in [9.17, 15) is 15.0 Å². The molecule has 0 bridgehead atoms. The van der Waals surface area contributed by atoms with Crippen LogP contribution in [0.5, 0.6) is 0 Å². The van der Waals surface area contributed by atoms with Gasteiger partial charge >= 0.3 is 29.6 Å². The molecule has 0 spiro atoms. The number of amides is 1. The van der Waals surface area contributed by atoms with Gasteiger partial charge in [-0.05, 0) is 36.1 Å². The minimum atomic E-state index is -0.879. The van der Waals surface area contributed by atoms with Crippen LogP contribution in [0.25, 0.3) is 16.8 Å². The van der Waals surface area contributed by atoms with E-state index in [-0.39, 0.29) is 41.7 Å². The first-order valence-electron chi connectivity index (χ1n) is 15.0. The van der Waals surface area contributed by atoms with Crippen molar-refractivity contribution < 1.29 is 59.2 Å². The predicted molar refractivity (Wildman–Crippen MR) is 164 cm³/mol. The van der Waals surface area contributed by atoms with Crippen LogP contribution in [0, 0.1) is 0 Å². The van der Waals surface area contributed by atoms with Crippen LogP contribution in [0.2, 0.25) is 0 Å². The maximum absolute atomic E-state index is 11.8. The van der Waals surface area contributed by atoms with Gasteiger partial charge in [0.1, 0.15) is 12.3 Å². The molecular formula is C33H48N3NaO6. The van der Waals surface area contributed by atoms with E-state index in [0.717, 1.165) is 41.8 Å². The Bertz CT molecular complexity index is 1060. The molecule has 2 aromatic carbocycles. The maximum Gasteiger partial charge on any atom is 1.00 e. The first kappa shape index (κ1) is 38.8. The fraction of sp³-hybridized carbons (Fsp3) is 0.515. The summed E-state index contributed by atoms with van der Waals surface area (Å²) in [5, 5.41) is 39.5. The molecule has 4 unspecified atom stereocenters. The van der Waals surface area contributed by atoms with E-state index in [1.54, 1.807) is 0 Å². The summed E-state index contributed by atoms with van der Waals surface area (Å²) >= 11 is 0. The Morgan fingerprint density at radius 1 is 1.05 bits per heavy atom. The molecule has 3 rings (SSSR count). The molecule has 5 N–H and O–H groups in total. The molecule has 1 saturated heterocycles. The largest absolute Gasteiger partial charge is 1.00 e. The summed E-state index contributed by atoms with van der Waals surface area (Å²) in [5.41, 5.74) is 4.04. The zero-order valence-corrected chi connectivity index (χ0v) is 28.0. The second-order valence-electron chi connectivity index (χ2n) is 10.6. The Balaban J connectivity index is 0.00000221. The number of hydrogen-bond donors (Lipinski definition) is 5. The monoisotopic (exact) mass is 605 g/mol. The van der Waals surface area contributed by atoms with Crippen LogP contribution in [0.15, 0.2) is 61.2 Å². The van der Waals surface area contributed by atoms with E-state index >= 15 is 0 Å². The number of carbonyl (C=O) groups is 2. The first-order chi connectivity index (χ1) is 20.3. The Labute approximate surface area is 278 Å². The second kappa shape index (κ2) is 22.3. The van der Waals surface area contributed by atoms with Gasteiger partial charge in [0, 0.05) is 32.1 Å². The van der Waals surface area contributed by atoms with Gasteiger partial charge in [-0.3, -0.25) is 10.1 Å². The summed E-state index contributed by atoms with van der Waals surface area (Å²) in [6.07, 6.45) is 5.16. The molecule has 1 fully saturated rings. The average Bonchev–Trinajstić information content (AvgIpc) is 2.98. The topological polar surface area (TPSA) is 143 Å². The number of carbonyl (C=O) groups excluding carboxylic acids is 2. The number of unbranched alkanes of at least 4 members (excludes halogenated alkanes) is 5. The summed E-state index contributed by atoms with van der Waals surface area (Å²) in [7, 11) is 0. The van der Waals surface area contributed by atoms with Crippen LogP contribution in [-0.4, -0.2) is 66.3 Å². The number of aliphatic hydroxyl groups is 2. The second-order valence-corrected chi connectivity index (χ2v) is 10.6. The van der Waals surface area contributed by atoms with Crippen LogP contribution < -0.4 is 50.6 Å². The summed E-state index contributed by atoms with van der Waals surface area (Å²) in [5.74, 6) is -0.260. The summed E-state index contributed by atoms with van der Waals surface area (Å²) in [4.78, 5) is 20.1. The number of aliphatic hydroxyl groups excluding tert-OH is 2. The van der Waals surface area contributed by atoms with Gasteiger partial charge in [0.05, 0.1) is 18.2 Å². The number of hydrogen-bond acceptors (Lipinski definition) is 8. The van der Waals surface area contributed by atoms with Gasteiger partial charge in [-0.25, -0.2) is 0 Å². The maximum atomic E-state index is 11.8. The Morgan fingerprint density at radius 2 is 1.65 bits per heavy atom. The van der Waals surface area contributed by atoms with Crippen molar-refractivity contribution >= 4 is 18.1 Å². The van der Waals surface area contributed by atoms with Gasteiger partial charge in [-0.1, -0.05) is 100 Å². The molecule has 0 saturated carbocycles. The van der Waals surface area contributed by atoms with Crippen molar-refractivity contribution in [2.45, 2.75) is 95.8 Å². The van der Waals surface area contributed by atoms with Gasteiger partial charge < -0.3 is 35.5 Å². The minimum Gasteiger partial charge on any atom is -0.554 e. The van der Waals surface area contributed by atoms with Crippen molar-refractivity contribution in [3.05, 3.63) is 66.7 Å². The summed E-state index contributed by atoms with van der Waals surface area (Å²) < 4.78 is 6.19. The fourth-order valence-corrected chi connectivity index (χ4v) is 5.09. The number of rotatable bonds is 16. The Kier molecular flexibility index (Phi) is 20.1. The van der Waals surface area contributed by atoms with Crippen LogP contribution in [0.4, 0.5) is 0 Å². The van der Waals surface area contributed by atoms with Crippen molar-refractivity contribution in [1.29, 1.82) is 0 Å². The van der Waals surface area contributed by atoms with Crippen LogP contribution in [-0.2, 0) is 14.3 Å².